The molecular weight excluding hydrogens is 316 g/mol. The van der Waals surface area contributed by atoms with Gasteiger partial charge in [-0.3, -0.25) is 13.8 Å². The Hall–Kier alpha value is -3.48. The van der Waals surface area contributed by atoms with Crippen molar-refractivity contribution >= 4 is 11.6 Å². The molecule has 0 saturated heterocycles. The highest BCUT2D eigenvalue weighted by Crippen LogP contribution is 2.23. The number of aryl methyl sites for hydroxylation is 2. The van der Waals surface area contributed by atoms with Crippen LogP contribution < -0.4 is 5.73 Å². The Morgan fingerprint density at radius 1 is 1.08 bits per heavy atom. The van der Waals surface area contributed by atoms with Gasteiger partial charge in [0.2, 0.25) is 0 Å². The molecule has 0 spiro atoms. The molecule has 0 saturated carbocycles. The van der Waals surface area contributed by atoms with Crippen LogP contribution in [0.2, 0.25) is 0 Å². The van der Waals surface area contributed by atoms with Crippen LogP contribution in [-0.2, 0) is 0 Å². The van der Waals surface area contributed by atoms with Crippen LogP contribution in [0.25, 0.3) is 22.9 Å². The second kappa shape index (κ2) is 5.55. The number of carbonyl (C=O) groups excluding carboxylic acids is 1. The van der Waals surface area contributed by atoms with E-state index in [1.165, 1.54) is 6.20 Å². The molecule has 4 aromatic rings. The number of nitrogens with two attached hydrogens (primary N) is 1. The summed E-state index contributed by atoms with van der Waals surface area (Å²) in [4.78, 5) is 24.9. The number of hydrogen-bond acceptors (Lipinski definition) is 4. The summed E-state index contributed by atoms with van der Waals surface area (Å²) in [7, 11) is 0. The van der Waals surface area contributed by atoms with Crippen molar-refractivity contribution in [3.05, 3.63) is 66.0 Å². The van der Waals surface area contributed by atoms with E-state index in [-0.39, 0.29) is 0 Å². The maximum atomic E-state index is 11.6. The van der Waals surface area contributed by atoms with Crippen LogP contribution >= 0.6 is 0 Å². The number of primary amides is 1. The fraction of sp³-hybridized carbons (Fsp3) is 0.111. The molecular formula is C18H16N6O. The molecule has 0 radical (unpaired) electrons. The number of aromatic nitrogens is 5. The second-order valence-corrected chi connectivity index (χ2v) is 5.85. The first kappa shape index (κ1) is 15.1. The van der Waals surface area contributed by atoms with Gasteiger partial charge in [0.15, 0.2) is 5.82 Å². The van der Waals surface area contributed by atoms with Gasteiger partial charge in [-0.05, 0) is 38.1 Å². The van der Waals surface area contributed by atoms with E-state index < -0.39 is 5.91 Å². The summed E-state index contributed by atoms with van der Waals surface area (Å²) >= 11 is 0. The van der Waals surface area contributed by atoms with Crippen LogP contribution in [0.15, 0.2) is 48.9 Å². The molecule has 0 atom stereocenters. The lowest BCUT2D eigenvalue weighted by Gasteiger charge is -2.11. The molecule has 0 unspecified atom stereocenters. The fourth-order valence-corrected chi connectivity index (χ4v) is 2.90. The van der Waals surface area contributed by atoms with Crippen molar-refractivity contribution in [1.82, 2.24) is 23.9 Å². The Kier molecular flexibility index (Phi) is 3.35. The molecule has 4 aromatic heterocycles. The monoisotopic (exact) mass is 332 g/mol. The van der Waals surface area contributed by atoms with Gasteiger partial charge in [0, 0.05) is 23.8 Å². The van der Waals surface area contributed by atoms with Crippen molar-refractivity contribution in [2.24, 2.45) is 5.73 Å². The Morgan fingerprint density at radius 2 is 1.92 bits per heavy atom. The van der Waals surface area contributed by atoms with Crippen molar-refractivity contribution in [1.29, 1.82) is 0 Å². The quantitative estimate of drug-likeness (QED) is 0.623. The molecule has 0 aliphatic carbocycles. The first-order chi connectivity index (χ1) is 12.0. The van der Waals surface area contributed by atoms with Crippen LogP contribution in [-0.4, -0.2) is 29.8 Å². The van der Waals surface area contributed by atoms with Crippen molar-refractivity contribution in [2.75, 3.05) is 0 Å². The molecule has 1 amide bonds. The van der Waals surface area contributed by atoms with Gasteiger partial charge in [0.05, 0.1) is 11.9 Å². The van der Waals surface area contributed by atoms with E-state index in [1.807, 2.05) is 54.9 Å². The van der Waals surface area contributed by atoms with Gasteiger partial charge in [-0.15, -0.1) is 0 Å². The molecule has 0 bridgehead atoms. The van der Waals surface area contributed by atoms with Crippen molar-refractivity contribution in [2.45, 2.75) is 13.8 Å². The zero-order chi connectivity index (χ0) is 17.6. The number of carbonyl (C=O) groups is 1. The Balaban J connectivity index is 1.93. The maximum absolute atomic E-state index is 11.6. The molecule has 0 aliphatic heterocycles. The molecule has 7 heteroatoms. The average Bonchev–Trinajstić information content (AvgIpc) is 3.17. The predicted molar refractivity (Wildman–Crippen MR) is 93.5 cm³/mol. The lowest BCUT2D eigenvalue weighted by Crippen LogP contribution is -2.14. The van der Waals surface area contributed by atoms with E-state index in [0.717, 1.165) is 28.6 Å². The summed E-state index contributed by atoms with van der Waals surface area (Å²) in [5.41, 5.74) is 9.94. The van der Waals surface area contributed by atoms with Crippen LogP contribution in [0.4, 0.5) is 0 Å². The number of amides is 1. The van der Waals surface area contributed by atoms with Gasteiger partial charge in [0.1, 0.15) is 17.0 Å². The lowest BCUT2D eigenvalue weighted by atomic mass is 10.3. The van der Waals surface area contributed by atoms with Gasteiger partial charge < -0.3 is 5.73 Å². The van der Waals surface area contributed by atoms with E-state index in [0.29, 0.717) is 11.3 Å². The van der Waals surface area contributed by atoms with Crippen LogP contribution in [0.1, 0.15) is 21.9 Å². The molecule has 4 rings (SSSR count). The minimum atomic E-state index is -0.521. The first-order valence-corrected chi connectivity index (χ1v) is 7.80. The summed E-state index contributed by atoms with van der Waals surface area (Å²) in [5, 5.41) is 0. The number of nitrogens with zero attached hydrogens (tertiary/aromatic N) is 5. The van der Waals surface area contributed by atoms with E-state index in [1.54, 1.807) is 10.6 Å². The number of hydrogen-bond donors (Lipinski definition) is 1. The van der Waals surface area contributed by atoms with Crippen LogP contribution in [0, 0.1) is 13.8 Å². The lowest BCUT2D eigenvalue weighted by molar-refractivity contribution is 0.0995. The van der Waals surface area contributed by atoms with Crippen LogP contribution in [0.5, 0.6) is 0 Å². The second-order valence-electron chi connectivity index (χ2n) is 5.85. The summed E-state index contributed by atoms with van der Waals surface area (Å²) in [6.45, 7) is 3.92. The molecule has 25 heavy (non-hydrogen) atoms. The number of pyridine rings is 2. The minimum absolute atomic E-state index is 0.338. The molecule has 0 aliphatic rings. The van der Waals surface area contributed by atoms with Gasteiger partial charge in [0.25, 0.3) is 5.91 Å². The van der Waals surface area contributed by atoms with E-state index in [2.05, 4.69) is 15.0 Å². The summed E-state index contributed by atoms with van der Waals surface area (Å²) in [6.07, 6.45) is 5.11. The van der Waals surface area contributed by atoms with Gasteiger partial charge in [-0.1, -0.05) is 6.07 Å². The summed E-state index contributed by atoms with van der Waals surface area (Å²) < 4.78 is 3.68. The Labute approximate surface area is 143 Å². The maximum Gasteiger partial charge on any atom is 0.267 e. The van der Waals surface area contributed by atoms with E-state index >= 15 is 0 Å². The highest BCUT2D eigenvalue weighted by Gasteiger charge is 2.15. The topological polar surface area (TPSA) is 91.1 Å². The van der Waals surface area contributed by atoms with Gasteiger partial charge >= 0.3 is 0 Å². The van der Waals surface area contributed by atoms with E-state index in [9.17, 15) is 4.79 Å². The fourth-order valence-electron chi connectivity index (χ4n) is 2.90. The van der Waals surface area contributed by atoms with Crippen molar-refractivity contribution in [3.8, 4) is 17.2 Å². The van der Waals surface area contributed by atoms with Gasteiger partial charge in [-0.2, -0.15) is 0 Å². The molecule has 4 heterocycles. The molecule has 2 N–H and O–H groups in total. The van der Waals surface area contributed by atoms with Crippen molar-refractivity contribution < 1.29 is 4.79 Å². The highest BCUT2D eigenvalue weighted by atomic mass is 16.1. The molecule has 124 valence electrons. The summed E-state index contributed by atoms with van der Waals surface area (Å²) in [5.74, 6) is 0.217. The zero-order valence-corrected chi connectivity index (χ0v) is 13.8. The third-order valence-electron chi connectivity index (χ3n) is 4.06. The standard InChI is InChI=1S/C18H16N6O/c1-11-4-3-5-14(22-11)18-21-8-12(2)24(18)13-6-7-16-20-9-15(17(19)25)23(16)10-13/h3-10H,1-2H3,(H2,19,25). The Bertz CT molecular complexity index is 1110. The molecule has 7 nitrogen and oxygen atoms in total. The molecule has 0 fully saturated rings. The smallest absolute Gasteiger partial charge is 0.267 e. The predicted octanol–water partition coefficient (Wildman–Crippen LogP) is 2.30. The average molecular weight is 332 g/mol. The SMILES string of the molecule is Cc1cccc(-c2ncc(C)n2-c2ccc3ncc(C(N)=O)n3c2)n1. The highest BCUT2D eigenvalue weighted by molar-refractivity contribution is 5.91. The third-order valence-corrected chi connectivity index (χ3v) is 4.06. The van der Waals surface area contributed by atoms with Crippen LogP contribution in [0.3, 0.4) is 0 Å². The normalized spacial score (nSPS) is 11.1. The number of fused-ring (bicyclic) bond motifs is 1. The largest absolute Gasteiger partial charge is 0.364 e. The third kappa shape index (κ3) is 2.46. The Morgan fingerprint density at radius 3 is 2.68 bits per heavy atom. The first-order valence-electron chi connectivity index (χ1n) is 7.80. The minimum Gasteiger partial charge on any atom is -0.364 e. The number of imidazole rings is 2. The molecule has 0 aromatic carbocycles. The summed E-state index contributed by atoms with van der Waals surface area (Å²) in [6, 6.07) is 9.60. The van der Waals surface area contributed by atoms with E-state index in [4.69, 9.17) is 5.73 Å². The number of rotatable bonds is 3. The zero-order valence-electron chi connectivity index (χ0n) is 13.8. The van der Waals surface area contributed by atoms with Gasteiger partial charge in [-0.25, -0.2) is 15.0 Å². The van der Waals surface area contributed by atoms with Crippen molar-refractivity contribution in [3.63, 3.8) is 0 Å².